The summed E-state index contributed by atoms with van der Waals surface area (Å²) < 4.78 is 78.9. The zero-order chi connectivity index (χ0) is 23.9. The van der Waals surface area contributed by atoms with Crippen molar-refractivity contribution in [3.05, 3.63) is 66.3 Å². The lowest BCUT2D eigenvalue weighted by atomic mass is 10.0. The predicted molar refractivity (Wildman–Crippen MR) is 105 cm³/mol. The number of hydrazine groups is 1. The highest BCUT2D eigenvalue weighted by Crippen LogP contribution is 2.37. The minimum absolute atomic E-state index is 0.00932. The van der Waals surface area contributed by atoms with Crippen LogP contribution in [-0.2, 0) is 17.1 Å². The van der Waals surface area contributed by atoms with Crippen LogP contribution in [0.4, 0.5) is 26.3 Å². The Kier molecular flexibility index (Phi) is 7.57. The molecule has 32 heavy (non-hydrogen) atoms. The Morgan fingerprint density at radius 3 is 2.25 bits per heavy atom. The summed E-state index contributed by atoms with van der Waals surface area (Å²) in [5, 5.41) is 3.78. The number of hydrogen-bond donors (Lipinski definition) is 2. The van der Waals surface area contributed by atoms with Crippen LogP contribution in [0.25, 0.3) is 17.6 Å². The van der Waals surface area contributed by atoms with Crippen LogP contribution in [0.5, 0.6) is 0 Å². The van der Waals surface area contributed by atoms with Crippen LogP contribution in [0.15, 0.2) is 60.1 Å². The molecule has 1 amide bonds. The highest BCUT2D eigenvalue weighted by molar-refractivity contribution is 5.89. The second-order valence-electron chi connectivity index (χ2n) is 6.02. The van der Waals surface area contributed by atoms with Crippen LogP contribution in [0.2, 0.25) is 0 Å². The first-order valence-corrected chi connectivity index (χ1v) is 8.68. The van der Waals surface area contributed by atoms with Crippen molar-refractivity contribution >= 4 is 18.3 Å². The smallest absolute Gasteiger partial charge is 0.299 e. The van der Waals surface area contributed by atoms with Crippen molar-refractivity contribution in [2.75, 3.05) is 0 Å². The van der Waals surface area contributed by atoms with Crippen molar-refractivity contribution in [2.45, 2.75) is 19.3 Å². The summed E-state index contributed by atoms with van der Waals surface area (Å²) in [6.07, 6.45) is -2.40. The van der Waals surface area contributed by atoms with E-state index in [1.54, 1.807) is 13.1 Å². The first-order valence-electron chi connectivity index (χ1n) is 8.68. The number of hydrogen-bond acceptors (Lipinski definition) is 5. The Bertz CT molecular complexity index is 1030. The number of halogens is 6. The molecule has 0 aliphatic heterocycles. The average Bonchev–Trinajstić information content (AvgIpc) is 3.18. The molecule has 0 aliphatic rings. The summed E-state index contributed by atoms with van der Waals surface area (Å²) in [6, 6.07) is 1.03. The third-order valence-electron chi connectivity index (χ3n) is 3.59. The molecule has 0 fully saturated rings. The first kappa shape index (κ1) is 24.4. The number of carbonyl (C=O) groups is 1. The highest BCUT2D eigenvalue weighted by Gasteiger charge is 2.37. The summed E-state index contributed by atoms with van der Waals surface area (Å²) in [7, 11) is 0. The van der Waals surface area contributed by atoms with Gasteiger partial charge in [-0.25, -0.2) is 9.67 Å². The van der Waals surface area contributed by atoms with Crippen LogP contribution in [-0.4, -0.2) is 26.9 Å². The van der Waals surface area contributed by atoms with Crippen molar-refractivity contribution in [1.29, 1.82) is 0 Å². The van der Waals surface area contributed by atoms with Gasteiger partial charge in [-0.15, -0.1) is 5.10 Å². The molecule has 2 N–H and O–H groups in total. The van der Waals surface area contributed by atoms with Gasteiger partial charge in [0.15, 0.2) is 5.82 Å². The van der Waals surface area contributed by atoms with Gasteiger partial charge in [0.25, 0.3) is 5.91 Å². The highest BCUT2D eigenvalue weighted by atomic mass is 19.4. The van der Waals surface area contributed by atoms with E-state index in [2.05, 4.69) is 32.5 Å². The van der Waals surface area contributed by atoms with Crippen LogP contribution in [0.1, 0.15) is 18.1 Å². The molecule has 0 bridgehead atoms. The topological polar surface area (TPSA) is 84.2 Å². The maximum Gasteiger partial charge on any atom is 0.416 e. The molecule has 0 saturated heterocycles. The second-order valence-corrected chi connectivity index (χ2v) is 6.02. The fourth-order valence-corrected chi connectivity index (χ4v) is 2.15. The van der Waals surface area contributed by atoms with Crippen LogP contribution in [0, 0.1) is 0 Å². The number of allylic oxidation sites excluding steroid dienone is 1. The maximum atomic E-state index is 13.0. The van der Waals surface area contributed by atoms with Gasteiger partial charge >= 0.3 is 12.4 Å². The number of aliphatic imine (C=N–C) groups is 1. The van der Waals surface area contributed by atoms with E-state index in [0.29, 0.717) is 17.8 Å². The summed E-state index contributed by atoms with van der Waals surface area (Å²) in [5.41, 5.74) is 1.63. The standard InChI is InChI=1S/C19H16F6N6O/c1-3-26-6-4-12(2)28-29-16(32)5-7-31-11-27-17(30-31)13-8-14(18(20,21)22)10-15(9-13)19(23,24)25/h3-11,28H,2H2,1H3,(H,29,32)/b6-4-,7-5-,26-3?. The van der Waals surface area contributed by atoms with E-state index in [1.807, 2.05) is 0 Å². The molecule has 7 nitrogen and oxygen atoms in total. The number of benzene rings is 1. The lowest BCUT2D eigenvalue weighted by Crippen LogP contribution is -2.34. The quantitative estimate of drug-likeness (QED) is 0.214. The molecule has 1 aromatic carbocycles. The molecule has 2 aromatic rings. The number of carbonyl (C=O) groups excluding carboxylic acids is 1. The molecular weight excluding hydrogens is 442 g/mol. The van der Waals surface area contributed by atoms with Gasteiger partial charge < -0.3 is 0 Å². The van der Waals surface area contributed by atoms with E-state index in [4.69, 9.17) is 0 Å². The van der Waals surface area contributed by atoms with E-state index < -0.39 is 35.0 Å². The number of aromatic nitrogens is 3. The number of alkyl halides is 6. The molecular formula is C19H16F6N6O. The maximum absolute atomic E-state index is 13.0. The Balaban J connectivity index is 2.15. The number of rotatable bonds is 7. The molecule has 0 unspecified atom stereocenters. The Labute approximate surface area is 177 Å². The predicted octanol–water partition coefficient (Wildman–Crippen LogP) is 4.19. The van der Waals surface area contributed by atoms with E-state index in [0.717, 1.165) is 23.3 Å². The largest absolute Gasteiger partial charge is 0.416 e. The molecule has 170 valence electrons. The lowest BCUT2D eigenvalue weighted by Gasteiger charge is -2.13. The fraction of sp³-hybridized carbons (Fsp3) is 0.158. The van der Waals surface area contributed by atoms with E-state index in [9.17, 15) is 31.1 Å². The summed E-state index contributed by atoms with van der Waals surface area (Å²) >= 11 is 0. The van der Waals surface area contributed by atoms with Crippen LogP contribution in [0.3, 0.4) is 0 Å². The first-order chi connectivity index (χ1) is 14.9. The fourth-order valence-electron chi connectivity index (χ4n) is 2.15. The third-order valence-corrected chi connectivity index (χ3v) is 3.59. The van der Waals surface area contributed by atoms with E-state index >= 15 is 0 Å². The van der Waals surface area contributed by atoms with Gasteiger partial charge in [0, 0.05) is 36.0 Å². The summed E-state index contributed by atoms with van der Waals surface area (Å²) in [6.45, 7) is 5.32. The second kappa shape index (κ2) is 9.94. The normalized spacial score (nSPS) is 12.7. The molecule has 0 aliphatic carbocycles. The number of nitrogens with zero attached hydrogens (tertiary/aromatic N) is 4. The van der Waals surface area contributed by atoms with Gasteiger partial charge in [-0.2, -0.15) is 26.3 Å². The molecule has 2 rings (SSSR count). The van der Waals surface area contributed by atoms with Gasteiger partial charge in [0.1, 0.15) is 6.33 Å². The zero-order valence-electron chi connectivity index (χ0n) is 16.4. The molecule has 0 radical (unpaired) electrons. The molecule has 1 heterocycles. The Morgan fingerprint density at radius 2 is 1.69 bits per heavy atom. The number of amides is 1. The molecule has 13 heteroatoms. The van der Waals surface area contributed by atoms with E-state index in [-0.39, 0.29) is 11.9 Å². The monoisotopic (exact) mass is 458 g/mol. The lowest BCUT2D eigenvalue weighted by molar-refractivity contribution is -0.143. The Morgan fingerprint density at radius 1 is 1.06 bits per heavy atom. The summed E-state index contributed by atoms with van der Waals surface area (Å²) in [4.78, 5) is 19.3. The SMILES string of the molecule is C=C(/C=C\N=CC)NNC(=O)/C=C\n1cnc(-c2cc(C(F)(F)F)cc(C(F)(F)F)c2)n1. The third kappa shape index (κ3) is 7.11. The number of nitrogens with one attached hydrogen (secondary N) is 2. The minimum atomic E-state index is -4.99. The molecule has 1 aromatic heterocycles. The van der Waals surface area contributed by atoms with Gasteiger partial charge in [-0.05, 0) is 31.2 Å². The van der Waals surface area contributed by atoms with Crippen LogP contribution < -0.4 is 10.9 Å². The van der Waals surface area contributed by atoms with Gasteiger partial charge in [-0.1, -0.05) is 6.58 Å². The van der Waals surface area contributed by atoms with Crippen molar-refractivity contribution in [3.8, 4) is 11.4 Å². The van der Waals surface area contributed by atoms with E-state index in [1.165, 1.54) is 12.3 Å². The molecule has 0 saturated carbocycles. The van der Waals surface area contributed by atoms with Crippen molar-refractivity contribution in [3.63, 3.8) is 0 Å². The summed E-state index contributed by atoms with van der Waals surface area (Å²) in [5.74, 6) is -1.03. The minimum Gasteiger partial charge on any atom is -0.299 e. The van der Waals surface area contributed by atoms with Gasteiger partial charge in [-0.3, -0.25) is 20.6 Å². The van der Waals surface area contributed by atoms with Gasteiger partial charge in [0.05, 0.1) is 11.1 Å². The zero-order valence-corrected chi connectivity index (χ0v) is 16.4. The van der Waals surface area contributed by atoms with Crippen LogP contribution >= 0.6 is 0 Å². The van der Waals surface area contributed by atoms with Gasteiger partial charge in [0.2, 0.25) is 0 Å². The van der Waals surface area contributed by atoms with Crippen molar-refractivity contribution in [1.82, 2.24) is 25.6 Å². The molecule has 0 atom stereocenters. The molecule has 0 spiro atoms. The Hall–Kier alpha value is -3.90. The average molecular weight is 458 g/mol. The van der Waals surface area contributed by atoms with Crippen molar-refractivity contribution in [2.24, 2.45) is 4.99 Å². The van der Waals surface area contributed by atoms with Crippen molar-refractivity contribution < 1.29 is 31.1 Å².